The summed E-state index contributed by atoms with van der Waals surface area (Å²) >= 11 is 0. The van der Waals surface area contributed by atoms with Crippen LogP contribution < -0.4 is 0 Å². The van der Waals surface area contributed by atoms with E-state index < -0.39 is 18.0 Å². The van der Waals surface area contributed by atoms with E-state index in [2.05, 4.69) is 9.98 Å². The van der Waals surface area contributed by atoms with E-state index >= 15 is 0 Å². The molecule has 1 aromatic rings. The Kier molecular flexibility index (Phi) is 2.96. The van der Waals surface area contributed by atoms with E-state index in [1.165, 1.54) is 6.21 Å². The molecule has 0 radical (unpaired) electrons. The predicted molar refractivity (Wildman–Crippen MR) is 57.5 cm³/mol. The van der Waals surface area contributed by atoms with Gasteiger partial charge < -0.3 is 9.84 Å². The lowest BCUT2D eigenvalue weighted by molar-refractivity contribution is -0.148. The van der Waals surface area contributed by atoms with Crippen LogP contribution in [-0.4, -0.2) is 28.9 Å². The number of aliphatic hydroxyl groups excluding tert-OH is 1. The van der Waals surface area contributed by atoms with Crippen molar-refractivity contribution in [3.63, 3.8) is 0 Å². The lowest BCUT2D eigenvalue weighted by atomic mass is 9.97. The summed E-state index contributed by atoms with van der Waals surface area (Å²) in [5, 5.41) is 9.96. The third kappa shape index (κ3) is 1.81. The van der Waals surface area contributed by atoms with Crippen LogP contribution in [0.2, 0.25) is 0 Å². The molecule has 84 valence electrons. The van der Waals surface area contributed by atoms with E-state index in [9.17, 15) is 9.90 Å². The van der Waals surface area contributed by atoms with Crippen LogP contribution in [0.5, 0.6) is 0 Å². The zero-order chi connectivity index (χ0) is 11.5. The number of hydrogen-bond acceptors (Lipinski definition) is 5. The minimum Gasteiger partial charge on any atom is -0.465 e. The maximum absolute atomic E-state index is 11.5. The van der Waals surface area contributed by atoms with Crippen molar-refractivity contribution in [2.24, 2.45) is 10.9 Å². The number of hydrogen-bond donors (Lipinski definition) is 1. The smallest absolute Gasteiger partial charge is 0.317 e. The van der Waals surface area contributed by atoms with Gasteiger partial charge in [-0.05, 0) is 19.1 Å². The van der Waals surface area contributed by atoms with Gasteiger partial charge in [0.05, 0.1) is 18.0 Å². The van der Waals surface area contributed by atoms with Crippen LogP contribution >= 0.6 is 0 Å². The molecule has 5 heteroatoms. The number of nitrogens with zero attached hydrogens (tertiary/aromatic N) is 2. The average molecular weight is 220 g/mol. The van der Waals surface area contributed by atoms with Gasteiger partial charge in [0, 0.05) is 12.4 Å². The zero-order valence-electron chi connectivity index (χ0n) is 8.83. The van der Waals surface area contributed by atoms with Crippen molar-refractivity contribution in [1.29, 1.82) is 0 Å². The van der Waals surface area contributed by atoms with Crippen molar-refractivity contribution < 1.29 is 14.6 Å². The van der Waals surface area contributed by atoms with Crippen LogP contribution in [0.3, 0.4) is 0 Å². The standard InChI is InChI=1S/C11H12N2O3/c1-2-16-11(15)7-6-13-8-4-3-5-12-9(8)10(7)14/h3-7,10,14H,2H2,1H3/t7-,10+/m1/s1. The fourth-order valence-corrected chi connectivity index (χ4v) is 1.59. The number of esters is 1. The van der Waals surface area contributed by atoms with Crippen LogP contribution in [0.15, 0.2) is 23.3 Å². The number of pyridine rings is 1. The summed E-state index contributed by atoms with van der Waals surface area (Å²) in [5.41, 5.74) is 1.01. The molecule has 0 unspecified atom stereocenters. The third-order valence-corrected chi connectivity index (χ3v) is 2.37. The molecule has 0 aliphatic carbocycles. The fourth-order valence-electron chi connectivity index (χ4n) is 1.59. The number of fused-ring (bicyclic) bond motifs is 1. The zero-order valence-corrected chi connectivity index (χ0v) is 8.83. The summed E-state index contributed by atoms with van der Waals surface area (Å²) < 4.78 is 4.85. The number of carbonyl (C=O) groups is 1. The van der Waals surface area contributed by atoms with Crippen molar-refractivity contribution >= 4 is 17.9 Å². The first-order valence-electron chi connectivity index (χ1n) is 5.08. The average Bonchev–Trinajstić information content (AvgIpc) is 2.30. The molecule has 0 spiro atoms. The number of aliphatic imine (C=N–C) groups is 1. The van der Waals surface area contributed by atoms with Gasteiger partial charge in [-0.2, -0.15) is 0 Å². The summed E-state index contributed by atoms with van der Waals surface area (Å²) in [6.45, 7) is 2.00. The second-order valence-corrected chi connectivity index (χ2v) is 3.41. The lowest BCUT2D eigenvalue weighted by Gasteiger charge is -2.21. The van der Waals surface area contributed by atoms with E-state index in [-0.39, 0.29) is 6.61 Å². The van der Waals surface area contributed by atoms with Gasteiger partial charge in [0.1, 0.15) is 12.0 Å². The molecule has 0 amide bonds. The molecule has 1 N–H and O–H groups in total. The molecule has 0 bridgehead atoms. The fraction of sp³-hybridized carbons (Fsp3) is 0.364. The van der Waals surface area contributed by atoms with Crippen molar-refractivity contribution in [2.45, 2.75) is 13.0 Å². The Morgan fingerprint density at radius 3 is 3.19 bits per heavy atom. The van der Waals surface area contributed by atoms with Crippen LogP contribution in [0.1, 0.15) is 18.7 Å². The molecule has 2 heterocycles. The van der Waals surface area contributed by atoms with E-state index in [0.717, 1.165) is 0 Å². The molecule has 5 nitrogen and oxygen atoms in total. The highest BCUT2D eigenvalue weighted by atomic mass is 16.5. The summed E-state index contributed by atoms with van der Waals surface area (Å²) in [6.07, 6.45) is 1.99. The molecule has 0 saturated heterocycles. The van der Waals surface area contributed by atoms with Crippen LogP contribution in [-0.2, 0) is 9.53 Å². The number of carbonyl (C=O) groups excluding carboxylic acids is 1. The summed E-state index contributed by atoms with van der Waals surface area (Å²) in [5.74, 6) is -1.24. The SMILES string of the molecule is CCOC(=O)[C@@H]1C=Nc2cccnc2[C@H]1O. The van der Waals surface area contributed by atoms with E-state index in [1.807, 2.05) is 0 Å². The van der Waals surface area contributed by atoms with Gasteiger partial charge in [-0.15, -0.1) is 0 Å². The second kappa shape index (κ2) is 4.40. The number of rotatable bonds is 2. The van der Waals surface area contributed by atoms with Gasteiger partial charge in [0.25, 0.3) is 0 Å². The maximum Gasteiger partial charge on any atom is 0.317 e. The van der Waals surface area contributed by atoms with E-state index in [1.54, 1.807) is 25.3 Å². The van der Waals surface area contributed by atoms with Crippen molar-refractivity contribution in [1.82, 2.24) is 4.98 Å². The first-order valence-corrected chi connectivity index (χ1v) is 5.08. The number of aliphatic hydroxyl groups is 1. The van der Waals surface area contributed by atoms with Crippen LogP contribution in [0.25, 0.3) is 0 Å². The normalized spacial score (nSPS) is 22.6. The molecule has 16 heavy (non-hydrogen) atoms. The van der Waals surface area contributed by atoms with Crippen molar-refractivity contribution in [3.05, 3.63) is 24.0 Å². The van der Waals surface area contributed by atoms with Crippen molar-refractivity contribution in [3.8, 4) is 0 Å². The Hall–Kier alpha value is -1.75. The first-order chi connectivity index (χ1) is 7.74. The Morgan fingerprint density at radius 2 is 2.44 bits per heavy atom. The Morgan fingerprint density at radius 1 is 1.62 bits per heavy atom. The molecule has 0 aromatic carbocycles. The summed E-state index contributed by atoms with van der Waals surface area (Å²) in [4.78, 5) is 19.6. The molecule has 2 rings (SSSR count). The minimum atomic E-state index is -0.979. The van der Waals surface area contributed by atoms with Crippen LogP contribution in [0, 0.1) is 5.92 Å². The van der Waals surface area contributed by atoms with Crippen LogP contribution in [0.4, 0.5) is 5.69 Å². The van der Waals surface area contributed by atoms with E-state index in [0.29, 0.717) is 11.4 Å². The van der Waals surface area contributed by atoms with Crippen molar-refractivity contribution in [2.75, 3.05) is 6.61 Å². The monoisotopic (exact) mass is 220 g/mol. The largest absolute Gasteiger partial charge is 0.465 e. The van der Waals surface area contributed by atoms with E-state index in [4.69, 9.17) is 4.74 Å². The topological polar surface area (TPSA) is 71.8 Å². The molecule has 1 aliphatic rings. The van der Waals surface area contributed by atoms with Gasteiger partial charge in [-0.1, -0.05) is 0 Å². The predicted octanol–water partition coefficient (Wildman–Crippen LogP) is 1.01. The molecule has 1 aromatic heterocycles. The molecule has 0 fully saturated rings. The summed E-state index contributed by atoms with van der Waals surface area (Å²) in [6, 6.07) is 3.47. The highest BCUT2D eigenvalue weighted by Gasteiger charge is 2.33. The van der Waals surface area contributed by atoms with Gasteiger partial charge in [-0.25, -0.2) is 0 Å². The summed E-state index contributed by atoms with van der Waals surface area (Å²) in [7, 11) is 0. The Balaban J connectivity index is 2.27. The minimum absolute atomic E-state index is 0.283. The molecule has 0 saturated carbocycles. The Bertz CT molecular complexity index is 431. The maximum atomic E-state index is 11.5. The van der Waals surface area contributed by atoms with Gasteiger partial charge in [-0.3, -0.25) is 14.8 Å². The highest BCUT2D eigenvalue weighted by molar-refractivity contribution is 5.93. The molecule has 1 aliphatic heterocycles. The molecular weight excluding hydrogens is 208 g/mol. The second-order valence-electron chi connectivity index (χ2n) is 3.41. The quantitative estimate of drug-likeness (QED) is 0.755. The molecule has 2 atom stereocenters. The third-order valence-electron chi connectivity index (χ3n) is 2.37. The first kappa shape index (κ1) is 10.8. The lowest BCUT2D eigenvalue weighted by Crippen LogP contribution is -2.28. The number of ether oxygens (including phenoxy) is 1. The van der Waals surface area contributed by atoms with Gasteiger partial charge >= 0.3 is 5.97 Å². The molecular formula is C11H12N2O3. The van der Waals surface area contributed by atoms with Gasteiger partial charge in [0.2, 0.25) is 0 Å². The van der Waals surface area contributed by atoms with Gasteiger partial charge in [0.15, 0.2) is 0 Å². The highest BCUT2D eigenvalue weighted by Crippen LogP contribution is 2.32. The number of aromatic nitrogens is 1. The Labute approximate surface area is 92.8 Å².